The van der Waals surface area contributed by atoms with Gasteiger partial charge in [0.25, 0.3) is 0 Å². The van der Waals surface area contributed by atoms with Crippen molar-refractivity contribution in [2.45, 2.75) is 56.7 Å². The molecule has 1 saturated carbocycles. The Hall–Kier alpha value is -3.17. The maximum absolute atomic E-state index is 13.3. The Labute approximate surface area is 202 Å². The lowest BCUT2D eigenvalue weighted by Crippen LogP contribution is -2.54. The number of para-hydroxylation sites is 1. The van der Waals surface area contributed by atoms with Crippen LogP contribution in [0.15, 0.2) is 35.9 Å². The maximum atomic E-state index is 13.3. The number of aliphatic hydroxyl groups is 2. The van der Waals surface area contributed by atoms with E-state index in [9.17, 15) is 14.4 Å². The molecular formula is C26H31NO8. The summed E-state index contributed by atoms with van der Waals surface area (Å²) in [5.41, 5.74) is 4.61. The first-order chi connectivity index (χ1) is 16.6. The number of H-pyrrole nitrogens is 1. The van der Waals surface area contributed by atoms with Crippen LogP contribution in [0.5, 0.6) is 0 Å². The van der Waals surface area contributed by atoms with Crippen molar-refractivity contribution >= 4 is 28.8 Å². The molecule has 9 nitrogen and oxygen atoms in total. The van der Waals surface area contributed by atoms with Gasteiger partial charge in [0.15, 0.2) is 12.2 Å². The van der Waals surface area contributed by atoms with Crippen LogP contribution in [0.1, 0.15) is 43.9 Å². The molecule has 0 amide bonds. The Morgan fingerprint density at radius 1 is 1.14 bits per heavy atom. The molecule has 5 N–H and O–H groups in total. The van der Waals surface area contributed by atoms with E-state index in [2.05, 4.69) is 42.2 Å². The first kappa shape index (κ1) is 24.9. The van der Waals surface area contributed by atoms with Crippen LogP contribution in [-0.2, 0) is 31.0 Å². The zero-order valence-electron chi connectivity index (χ0n) is 19.7. The summed E-state index contributed by atoms with van der Waals surface area (Å²) in [5.74, 6) is -2.19. The predicted octanol–water partition coefficient (Wildman–Crippen LogP) is 2.39. The van der Waals surface area contributed by atoms with Crippen molar-refractivity contribution in [3.05, 3.63) is 47.2 Å². The van der Waals surface area contributed by atoms with Gasteiger partial charge in [0, 0.05) is 22.5 Å². The van der Waals surface area contributed by atoms with Gasteiger partial charge in [-0.25, -0.2) is 9.59 Å². The van der Waals surface area contributed by atoms with Gasteiger partial charge in [-0.2, -0.15) is 0 Å². The number of ether oxygens (including phenoxy) is 1. The molecule has 35 heavy (non-hydrogen) atoms. The summed E-state index contributed by atoms with van der Waals surface area (Å²) >= 11 is 0. The largest absolute Gasteiger partial charge is 0.479 e. The van der Waals surface area contributed by atoms with E-state index >= 15 is 0 Å². The van der Waals surface area contributed by atoms with Crippen LogP contribution >= 0.6 is 0 Å². The highest BCUT2D eigenvalue weighted by Crippen LogP contribution is 2.60. The number of aromatic amines is 1. The van der Waals surface area contributed by atoms with E-state index in [4.69, 9.17) is 25.2 Å². The first-order valence-corrected chi connectivity index (χ1v) is 11.9. The molecule has 4 aliphatic carbocycles. The third kappa shape index (κ3) is 4.02. The molecule has 1 heterocycles. The van der Waals surface area contributed by atoms with Crippen LogP contribution in [0.25, 0.3) is 10.9 Å². The number of aryl methyl sites for hydroxylation is 1. The van der Waals surface area contributed by atoms with Gasteiger partial charge in [-0.15, -0.1) is 0 Å². The minimum absolute atomic E-state index is 0.0408. The average molecular weight is 486 g/mol. The molecule has 1 aromatic carbocycles. The lowest BCUT2D eigenvalue weighted by molar-refractivity contribution is -0.165. The van der Waals surface area contributed by atoms with Gasteiger partial charge in [-0.3, -0.25) is 4.79 Å². The van der Waals surface area contributed by atoms with E-state index in [-0.39, 0.29) is 5.97 Å². The number of hydrogen-bond acceptors (Lipinski definition) is 6. The van der Waals surface area contributed by atoms with Gasteiger partial charge in [-0.05, 0) is 55.6 Å². The van der Waals surface area contributed by atoms with Gasteiger partial charge in [0.2, 0.25) is 0 Å². The molecular weight excluding hydrogens is 454 g/mol. The number of benzene rings is 1. The van der Waals surface area contributed by atoms with Gasteiger partial charge < -0.3 is 30.1 Å². The van der Waals surface area contributed by atoms with Gasteiger partial charge in [0.1, 0.15) is 5.41 Å². The number of methoxy groups -OCH3 is 1. The van der Waals surface area contributed by atoms with E-state index < -0.39 is 29.6 Å². The highest BCUT2D eigenvalue weighted by Gasteiger charge is 2.60. The molecule has 2 unspecified atom stereocenters. The lowest BCUT2D eigenvalue weighted by Gasteiger charge is -2.52. The Kier molecular flexibility index (Phi) is 6.75. The fourth-order valence-electron chi connectivity index (χ4n) is 6.52. The standard InChI is InChI=1S/C22H25NO2.C4H6O6/c1-3-14-10-13-11-15-8-9-17-16-6-4-5-7-18(16)23-20(17)22(12-13,19(14)15)21(24)25-2;5-1(3(7)8)2(6)4(9)10/h4-7,10,13,15,19,23H,3,8-9,11-12H2,1-2H3;1-2,5-6H,(H,7,8)(H,9,10)/t13-,15?,19+,22-;1-,2?/m11/s1. The number of nitrogens with one attached hydrogen (secondary N) is 1. The Morgan fingerprint density at radius 2 is 1.80 bits per heavy atom. The van der Waals surface area contributed by atoms with Crippen LogP contribution in [0.4, 0.5) is 0 Å². The minimum Gasteiger partial charge on any atom is -0.479 e. The first-order valence-electron chi connectivity index (χ1n) is 11.9. The van der Waals surface area contributed by atoms with Crippen molar-refractivity contribution < 1.29 is 39.5 Å². The smallest absolute Gasteiger partial charge is 0.335 e. The summed E-state index contributed by atoms with van der Waals surface area (Å²) in [4.78, 5) is 36.5. The number of rotatable bonds is 5. The number of aliphatic hydroxyl groups excluding tert-OH is 2. The molecule has 6 atom stereocenters. The molecule has 1 aromatic heterocycles. The molecule has 0 spiro atoms. The zero-order chi connectivity index (χ0) is 25.5. The summed E-state index contributed by atoms with van der Waals surface area (Å²) in [6.07, 6.45) is 3.33. The van der Waals surface area contributed by atoms with Crippen LogP contribution < -0.4 is 0 Å². The number of allylic oxidation sites excluding steroid dienone is 2. The summed E-state index contributed by atoms with van der Waals surface area (Å²) in [6.45, 7) is 2.23. The highest BCUT2D eigenvalue weighted by atomic mass is 16.5. The second kappa shape index (κ2) is 9.47. The summed E-state index contributed by atoms with van der Waals surface area (Å²) in [6, 6.07) is 8.49. The summed E-state index contributed by atoms with van der Waals surface area (Å²) in [7, 11) is 1.55. The highest BCUT2D eigenvalue weighted by molar-refractivity contribution is 5.91. The van der Waals surface area contributed by atoms with Crippen molar-refractivity contribution in [1.82, 2.24) is 4.98 Å². The maximum Gasteiger partial charge on any atom is 0.335 e. The number of aromatic nitrogens is 1. The van der Waals surface area contributed by atoms with E-state index in [1.807, 2.05) is 0 Å². The molecule has 0 radical (unpaired) electrons. The minimum atomic E-state index is -2.27. The monoisotopic (exact) mass is 485 g/mol. The number of hydrogen-bond donors (Lipinski definition) is 5. The van der Waals surface area contributed by atoms with E-state index in [0.717, 1.165) is 30.5 Å². The number of aliphatic carboxylic acids is 2. The second-order valence-electron chi connectivity index (χ2n) is 9.62. The number of carboxylic acids is 2. The van der Waals surface area contributed by atoms with E-state index in [1.165, 1.54) is 29.4 Å². The number of carbonyl (C=O) groups excluding carboxylic acids is 1. The van der Waals surface area contributed by atoms with Crippen LogP contribution in [0.3, 0.4) is 0 Å². The average Bonchev–Trinajstić information content (AvgIpc) is 3.20. The summed E-state index contributed by atoms with van der Waals surface area (Å²) < 4.78 is 5.43. The molecule has 0 aliphatic heterocycles. The van der Waals surface area contributed by atoms with Crippen LogP contribution in [0, 0.1) is 17.8 Å². The Morgan fingerprint density at radius 3 is 2.40 bits per heavy atom. The SMILES string of the molecule is CCC1=C[C@@H]2CC3CCc4c([nH]c5ccccc45)[C@@](C(=O)OC)(C2)[C@@H]13.O=C(O)C(O)[C@@H](O)C(=O)O. The molecule has 6 rings (SSSR count). The topological polar surface area (TPSA) is 157 Å². The van der Waals surface area contributed by atoms with Crippen molar-refractivity contribution in [2.75, 3.05) is 7.11 Å². The normalized spacial score (nSPS) is 28.0. The van der Waals surface area contributed by atoms with Crippen molar-refractivity contribution in [3.8, 4) is 0 Å². The lowest BCUT2D eigenvalue weighted by atomic mass is 9.51. The molecule has 1 fully saturated rings. The molecule has 4 aliphatic rings. The van der Waals surface area contributed by atoms with E-state index in [0.29, 0.717) is 17.8 Å². The van der Waals surface area contributed by atoms with Gasteiger partial charge in [-0.1, -0.05) is 36.8 Å². The van der Waals surface area contributed by atoms with Crippen LogP contribution in [-0.4, -0.2) is 62.6 Å². The van der Waals surface area contributed by atoms with E-state index in [1.54, 1.807) is 7.11 Å². The molecule has 9 heteroatoms. The molecule has 0 saturated heterocycles. The second-order valence-corrected chi connectivity index (χ2v) is 9.62. The fraction of sp³-hybridized carbons (Fsp3) is 0.500. The zero-order valence-corrected chi connectivity index (χ0v) is 19.7. The number of fused-ring (bicyclic) bond motifs is 3. The quantitative estimate of drug-likeness (QED) is 0.319. The van der Waals surface area contributed by atoms with Crippen LogP contribution in [0.2, 0.25) is 0 Å². The fourth-order valence-corrected chi connectivity index (χ4v) is 6.52. The third-order valence-electron chi connectivity index (χ3n) is 7.83. The third-order valence-corrected chi connectivity index (χ3v) is 7.83. The molecule has 4 bridgehead atoms. The Bertz CT molecular complexity index is 1170. The summed E-state index contributed by atoms with van der Waals surface area (Å²) in [5, 5.41) is 33.8. The van der Waals surface area contributed by atoms with Gasteiger partial charge >= 0.3 is 17.9 Å². The number of carbonyl (C=O) groups is 3. The molecule has 188 valence electrons. The number of carboxylic acid groups (broad SMARTS) is 2. The van der Waals surface area contributed by atoms with Gasteiger partial charge in [0.05, 0.1) is 7.11 Å². The number of esters is 1. The van der Waals surface area contributed by atoms with Crippen molar-refractivity contribution in [2.24, 2.45) is 17.8 Å². The molecule has 2 aromatic rings. The van der Waals surface area contributed by atoms with Crippen molar-refractivity contribution in [3.63, 3.8) is 0 Å². The van der Waals surface area contributed by atoms with Crippen molar-refractivity contribution in [1.29, 1.82) is 0 Å². The Balaban J connectivity index is 0.000000248. The predicted molar refractivity (Wildman–Crippen MR) is 126 cm³/mol.